The zero-order valence-corrected chi connectivity index (χ0v) is 9.43. The van der Waals surface area contributed by atoms with Gasteiger partial charge in [-0.05, 0) is 17.3 Å². The van der Waals surface area contributed by atoms with Gasteiger partial charge >= 0.3 is 0 Å². The average molecular weight is 257 g/mol. The number of aldehydes is 1. The number of carbonyl (C=O) groups excluding carboxylic acids is 1. The average Bonchev–Trinajstić information content (AvgIpc) is 2.75. The maximum Gasteiger partial charge on any atom is 0.162 e. The van der Waals surface area contributed by atoms with E-state index in [2.05, 4.69) is 15.4 Å². The molecule has 16 heavy (non-hydrogen) atoms. The molecule has 0 saturated carbocycles. The molecular formula is C9H6Cl2N4O. The van der Waals surface area contributed by atoms with Crippen LogP contribution in [0, 0.1) is 0 Å². The molecule has 7 heteroatoms. The third kappa shape index (κ3) is 2.05. The highest BCUT2D eigenvalue weighted by molar-refractivity contribution is 6.35. The normalized spacial score (nSPS) is 12.4. The maximum atomic E-state index is 11.0. The molecule has 1 unspecified atom stereocenters. The summed E-state index contributed by atoms with van der Waals surface area (Å²) in [5, 5.41) is 11.9. The number of benzene rings is 1. The van der Waals surface area contributed by atoms with Crippen molar-refractivity contribution in [2.75, 3.05) is 0 Å². The third-order valence-electron chi connectivity index (χ3n) is 2.02. The summed E-state index contributed by atoms with van der Waals surface area (Å²) >= 11 is 11.8. The van der Waals surface area contributed by atoms with Gasteiger partial charge in [-0.2, -0.15) is 0 Å². The molecule has 0 saturated heterocycles. The van der Waals surface area contributed by atoms with E-state index in [4.69, 9.17) is 23.2 Å². The minimum Gasteiger partial charge on any atom is -0.301 e. The highest BCUT2D eigenvalue weighted by atomic mass is 35.5. The minimum absolute atomic E-state index is 0.391. The first-order valence-electron chi connectivity index (χ1n) is 4.35. The first-order chi connectivity index (χ1) is 7.72. The lowest BCUT2D eigenvalue weighted by Crippen LogP contribution is -2.15. The minimum atomic E-state index is -0.688. The lowest BCUT2D eigenvalue weighted by Gasteiger charge is -2.10. The van der Waals surface area contributed by atoms with Gasteiger partial charge in [-0.15, -0.1) is 15.0 Å². The molecule has 1 aromatic heterocycles. The Kier molecular flexibility index (Phi) is 3.17. The van der Waals surface area contributed by atoms with Crippen LogP contribution in [-0.2, 0) is 4.79 Å². The lowest BCUT2D eigenvalue weighted by molar-refractivity contribution is -0.110. The molecule has 0 bridgehead atoms. The largest absolute Gasteiger partial charge is 0.301 e. The third-order valence-corrected chi connectivity index (χ3v) is 2.59. The van der Waals surface area contributed by atoms with Gasteiger partial charge in [0.05, 0.1) is 0 Å². The fourth-order valence-electron chi connectivity index (χ4n) is 1.30. The summed E-state index contributed by atoms with van der Waals surface area (Å²) < 4.78 is 0. The fourth-order valence-corrected chi connectivity index (χ4v) is 1.82. The highest BCUT2D eigenvalue weighted by Gasteiger charge is 2.17. The van der Waals surface area contributed by atoms with E-state index in [1.54, 1.807) is 18.2 Å². The van der Waals surface area contributed by atoms with Crippen LogP contribution in [0.1, 0.15) is 11.6 Å². The Labute approximate surface area is 101 Å². The van der Waals surface area contributed by atoms with Crippen LogP contribution in [-0.4, -0.2) is 26.5 Å². The van der Waals surface area contributed by atoms with Crippen LogP contribution in [0.3, 0.4) is 0 Å². The van der Waals surface area contributed by atoms with E-state index in [1.165, 1.54) is 11.1 Å². The Morgan fingerprint density at radius 2 is 2.19 bits per heavy atom. The van der Waals surface area contributed by atoms with Crippen LogP contribution in [0.25, 0.3) is 0 Å². The Morgan fingerprint density at radius 3 is 2.75 bits per heavy atom. The topological polar surface area (TPSA) is 60.7 Å². The molecule has 0 radical (unpaired) electrons. The summed E-state index contributed by atoms with van der Waals surface area (Å²) in [7, 11) is 0. The molecule has 0 aliphatic heterocycles. The lowest BCUT2D eigenvalue weighted by atomic mass is 10.1. The van der Waals surface area contributed by atoms with Crippen molar-refractivity contribution >= 4 is 29.5 Å². The van der Waals surface area contributed by atoms with Crippen molar-refractivity contribution in [2.45, 2.75) is 6.04 Å². The number of halogens is 2. The van der Waals surface area contributed by atoms with Gasteiger partial charge in [0, 0.05) is 15.6 Å². The second kappa shape index (κ2) is 4.59. The second-order valence-electron chi connectivity index (χ2n) is 3.00. The maximum absolute atomic E-state index is 11.0. The van der Waals surface area contributed by atoms with Gasteiger partial charge in [0.2, 0.25) is 0 Å². The van der Waals surface area contributed by atoms with E-state index in [0.717, 1.165) is 0 Å². The first kappa shape index (κ1) is 11.0. The zero-order chi connectivity index (χ0) is 11.5. The molecule has 0 amide bonds. The van der Waals surface area contributed by atoms with Gasteiger partial charge in [0.25, 0.3) is 0 Å². The van der Waals surface area contributed by atoms with E-state index < -0.39 is 6.04 Å². The van der Waals surface area contributed by atoms with Crippen LogP contribution >= 0.6 is 23.2 Å². The number of rotatable bonds is 3. The number of hydrogen-bond donors (Lipinski definition) is 0. The van der Waals surface area contributed by atoms with E-state index in [9.17, 15) is 4.79 Å². The van der Waals surface area contributed by atoms with Gasteiger partial charge in [0.15, 0.2) is 18.7 Å². The predicted octanol–water partition coefficient (Wildman–Crippen LogP) is 1.77. The summed E-state index contributed by atoms with van der Waals surface area (Å²) in [4.78, 5) is 12.2. The standard InChI is InChI=1S/C9H6Cl2N4O/c10-6-1-2-7(8(11)3-6)9(4-16)15-13-5-12-14-15/h1-5,9H. The molecule has 0 aliphatic carbocycles. The van der Waals surface area contributed by atoms with Gasteiger partial charge in [-0.3, -0.25) is 0 Å². The monoisotopic (exact) mass is 256 g/mol. The summed E-state index contributed by atoms with van der Waals surface area (Å²) in [5.74, 6) is 0. The van der Waals surface area contributed by atoms with Crippen LogP contribution in [0.15, 0.2) is 24.5 Å². The van der Waals surface area contributed by atoms with Crippen molar-refractivity contribution in [3.63, 3.8) is 0 Å². The SMILES string of the molecule is O=CC(c1ccc(Cl)cc1Cl)n1ncnn1. The Balaban J connectivity index is 2.45. The molecule has 2 aromatic rings. The van der Waals surface area contributed by atoms with Gasteiger partial charge in [0.1, 0.15) is 0 Å². The molecule has 1 atom stereocenters. The molecule has 0 fully saturated rings. The molecule has 0 spiro atoms. The predicted molar refractivity (Wildman–Crippen MR) is 58.5 cm³/mol. The highest BCUT2D eigenvalue weighted by Crippen LogP contribution is 2.26. The molecule has 82 valence electrons. The van der Waals surface area contributed by atoms with Crippen LogP contribution in [0.2, 0.25) is 10.0 Å². The van der Waals surface area contributed by atoms with Crippen molar-refractivity contribution in [3.8, 4) is 0 Å². The van der Waals surface area contributed by atoms with Crippen molar-refractivity contribution in [1.82, 2.24) is 20.2 Å². The van der Waals surface area contributed by atoms with E-state index in [-0.39, 0.29) is 0 Å². The van der Waals surface area contributed by atoms with Crippen LogP contribution in [0.5, 0.6) is 0 Å². The number of nitrogens with zero attached hydrogens (tertiary/aromatic N) is 4. The van der Waals surface area contributed by atoms with Gasteiger partial charge in [-0.1, -0.05) is 29.3 Å². The number of hydrogen-bond acceptors (Lipinski definition) is 4. The smallest absolute Gasteiger partial charge is 0.162 e. The van der Waals surface area contributed by atoms with Crippen molar-refractivity contribution in [2.24, 2.45) is 0 Å². The van der Waals surface area contributed by atoms with Crippen LogP contribution < -0.4 is 0 Å². The molecule has 1 heterocycles. The Morgan fingerprint density at radius 1 is 1.38 bits per heavy atom. The summed E-state index contributed by atoms with van der Waals surface area (Å²) in [6.07, 6.45) is 1.94. The van der Waals surface area contributed by atoms with Gasteiger partial charge in [-0.25, -0.2) is 0 Å². The van der Waals surface area contributed by atoms with Gasteiger partial charge < -0.3 is 4.79 Å². The molecule has 1 aromatic carbocycles. The fraction of sp³-hybridized carbons (Fsp3) is 0.111. The van der Waals surface area contributed by atoms with Crippen molar-refractivity contribution in [1.29, 1.82) is 0 Å². The Bertz CT molecular complexity index is 500. The van der Waals surface area contributed by atoms with E-state index in [0.29, 0.717) is 21.9 Å². The molecular weight excluding hydrogens is 251 g/mol. The quantitative estimate of drug-likeness (QED) is 0.786. The van der Waals surface area contributed by atoms with Crippen molar-refractivity contribution in [3.05, 3.63) is 40.1 Å². The summed E-state index contributed by atoms with van der Waals surface area (Å²) in [6.45, 7) is 0. The Hall–Kier alpha value is -1.46. The molecule has 5 nitrogen and oxygen atoms in total. The van der Waals surface area contributed by atoms with E-state index in [1.807, 2.05) is 0 Å². The first-order valence-corrected chi connectivity index (χ1v) is 5.10. The molecule has 0 aliphatic rings. The van der Waals surface area contributed by atoms with Crippen LogP contribution in [0.4, 0.5) is 0 Å². The number of tetrazole rings is 1. The van der Waals surface area contributed by atoms with Crippen molar-refractivity contribution < 1.29 is 4.79 Å². The summed E-state index contributed by atoms with van der Waals surface area (Å²) in [5.41, 5.74) is 0.582. The number of aromatic nitrogens is 4. The summed E-state index contributed by atoms with van der Waals surface area (Å²) in [6, 6.07) is 4.18. The van der Waals surface area contributed by atoms with E-state index >= 15 is 0 Å². The second-order valence-corrected chi connectivity index (χ2v) is 3.85. The molecule has 0 N–H and O–H groups in total. The number of carbonyl (C=O) groups is 1. The zero-order valence-electron chi connectivity index (χ0n) is 7.92. The molecule has 2 rings (SSSR count).